The van der Waals surface area contributed by atoms with Gasteiger partial charge in [0.25, 0.3) is 10.2 Å². The van der Waals surface area contributed by atoms with Crippen molar-refractivity contribution in [1.29, 1.82) is 0 Å². The zero-order valence-electron chi connectivity index (χ0n) is 17.0. The number of aromatic nitrogens is 2. The summed E-state index contributed by atoms with van der Waals surface area (Å²) in [4.78, 5) is 8.83. The highest BCUT2D eigenvalue weighted by molar-refractivity contribution is 7.86. The maximum Gasteiger partial charge on any atom is 0.282 e. The predicted molar refractivity (Wildman–Crippen MR) is 109 cm³/mol. The van der Waals surface area contributed by atoms with Crippen LogP contribution in [0.3, 0.4) is 0 Å². The second kappa shape index (κ2) is 8.49. The molecule has 0 amide bonds. The molecule has 0 unspecified atom stereocenters. The Bertz CT molecular complexity index is 931. The topological polar surface area (TPSA) is 86.0 Å². The summed E-state index contributed by atoms with van der Waals surface area (Å²) in [5.41, 5.74) is 2.06. The van der Waals surface area contributed by atoms with E-state index < -0.39 is 10.2 Å². The molecule has 0 bridgehead atoms. The molecular weight excluding hydrogens is 392 g/mol. The molecule has 2 aliphatic heterocycles. The molecule has 2 aromatic rings. The molecular formula is C19H28N6O3S. The van der Waals surface area contributed by atoms with E-state index in [9.17, 15) is 8.42 Å². The van der Waals surface area contributed by atoms with Crippen LogP contribution in [0, 0.1) is 6.92 Å². The van der Waals surface area contributed by atoms with Gasteiger partial charge in [0.05, 0.1) is 6.54 Å². The fraction of sp³-hybridized carbons (Fsp3) is 0.579. The van der Waals surface area contributed by atoms with E-state index in [1.165, 1.54) is 0 Å². The van der Waals surface area contributed by atoms with Gasteiger partial charge in [-0.15, -0.1) is 0 Å². The summed E-state index contributed by atoms with van der Waals surface area (Å²) in [5.74, 6) is 1.15. The fourth-order valence-corrected chi connectivity index (χ4v) is 5.32. The third kappa shape index (κ3) is 4.51. The molecule has 0 N–H and O–H groups in total. The highest BCUT2D eigenvalue weighted by Gasteiger charge is 2.34. The maximum atomic E-state index is 12.9. The summed E-state index contributed by atoms with van der Waals surface area (Å²) in [6.45, 7) is 7.47. The molecule has 0 aliphatic carbocycles. The van der Waals surface area contributed by atoms with Crippen molar-refractivity contribution in [2.24, 2.45) is 0 Å². The van der Waals surface area contributed by atoms with Crippen LogP contribution in [0.15, 0.2) is 28.8 Å². The van der Waals surface area contributed by atoms with Crippen molar-refractivity contribution in [1.82, 2.24) is 28.6 Å². The molecule has 2 fully saturated rings. The van der Waals surface area contributed by atoms with Crippen LogP contribution in [-0.4, -0.2) is 96.4 Å². The number of nitrogens with zero attached hydrogens (tertiary/aromatic N) is 6. The van der Waals surface area contributed by atoms with Crippen LogP contribution in [0.5, 0.6) is 0 Å². The molecule has 4 rings (SSSR count). The first kappa shape index (κ1) is 20.4. The van der Waals surface area contributed by atoms with E-state index in [0.717, 1.165) is 24.2 Å². The zero-order chi connectivity index (χ0) is 20.4. The minimum absolute atomic E-state index is 0.480. The quantitative estimate of drug-likeness (QED) is 0.702. The van der Waals surface area contributed by atoms with E-state index in [0.29, 0.717) is 57.5 Å². The molecule has 0 radical (unpaired) electrons. The predicted octanol–water partition coefficient (Wildman–Crippen LogP) is 0.655. The molecule has 1 aromatic heterocycles. The summed E-state index contributed by atoms with van der Waals surface area (Å²) < 4.78 is 34.4. The molecule has 29 heavy (non-hydrogen) atoms. The standard InChI is InChI=1S/C19H28N6O3S/c1-16-5-3-4-6-17(16)19-20-18(28-21-19)15-23-9-13-25(14-10-23)29(26,27)24-11-7-22(2)8-12-24/h3-6H,7-15H2,1-2H3. The lowest BCUT2D eigenvalue weighted by Gasteiger charge is -2.38. The van der Waals surface area contributed by atoms with Gasteiger partial charge in [0.2, 0.25) is 11.7 Å². The average molecular weight is 421 g/mol. The second-order valence-electron chi connectivity index (χ2n) is 7.71. The molecule has 3 heterocycles. The Morgan fingerprint density at radius 2 is 1.59 bits per heavy atom. The van der Waals surface area contributed by atoms with Crippen molar-refractivity contribution < 1.29 is 12.9 Å². The normalized spacial score (nSPS) is 20.9. The SMILES string of the molecule is Cc1ccccc1-c1noc(CN2CCN(S(=O)(=O)N3CCN(C)CC3)CC2)n1. The molecule has 10 heteroatoms. The van der Waals surface area contributed by atoms with Gasteiger partial charge in [-0.3, -0.25) is 4.90 Å². The lowest BCUT2D eigenvalue weighted by Crippen LogP contribution is -2.56. The van der Waals surface area contributed by atoms with Gasteiger partial charge < -0.3 is 9.42 Å². The minimum Gasteiger partial charge on any atom is -0.338 e. The zero-order valence-corrected chi connectivity index (χ0v) is 17.8. The van der Waals surface area contributed by atoms with Gasteiger partial charge in [0.1, 0.15) is 0 Å². The third-order valence-electron chi connectivity index (χ3n) is 5.66. The largest absolute Gasteiger partial charge is 0.338 e. The van der Waals surface area contributed by atoms with Crippen LogP contribution in [0.25, 0.3) is 11.4 Å². The first-order chi connectivity index (χ1) is 13.9. The van der Waals surface area contributed by atoms with E-state index in [-0.39, 0.29) is 0 Å². The maximum absolute atomic E-state index is 12.9. The minimum atomic E-state index is -3.38. The monoisotopic (exact) mass is 420 g/mol. The number of piperazine rings is 2. The smallest absolute Gasteiger partial charge is 0.282 e. The summed E-state index contributed by atoms with van der Waals surface area (Å²) >= 11 is 0. The lowest BCUT2D eigenvalue weighted by atomic mass is 10.1. The van der Waals surface area contributed by atoms with Crippen molar-refractivity contribution in [3.05, 3.63) is 35.7 Å². The van der Waals surface area contributed by atoms with Crippen molar-refractivity contribution in [2.75, 3.05) is 59.4 Å². The number of aryl methyl sites for hydroxylation is 1. The average Bonchev–Trinajstić information content (AvgIpc) is 3.17. The fourth-order valence-electron chi connectivity index (χ4n) is 3.74. The van der Waals surface area contributed by atoms with E-state index in [1.807, 2.05) is 38.2 Å². The second-order valence-corrected chi connectivity index (χ2v) is 9.64. The van der Waals surface area contributed by atoms with Crippen molar-refractivity contribution in [3.8, 4) is 11.4 Å². The van der Waals surface area contributed by atoms with Gasteiger partial charge >= 0.3 is 0 Å². The number of benzene rings is 1. The van der Waals surface area contributed by atoms with Gasteiger partial charge in [-0.2, -0.15) is 22.0 Å². The Labute approximate surface area is 172 Å². The molecule has 0 spiro atoms. The Balaban J connectivity index is 1.33. The van der Waals surface area contributed by atoms with Gasteiger partial charge in [-0.25, -0.2) is 0 Å². The van der Waals surface area contributed by atoms with E-state index in [1.54, 1.807) is 8.61 Å². The molecule has 0 atom stereocenters. The first-order valence-corrected chi connectivity index (χ1v) is 11.4. The molecule has 0 saturated carbocycles. The number of hydrogen-bond acceptors (Lipinski definition) is 7. The third-order valence-corrected chi connectivity index (χ3v) is 7.69. The summed E-state index contributed by atoms with van der Waals surface area (Å²) in [5, 5.41) is 4.10. The molecule has 2 aliphatic rings. The Hall–Kier alpha value is -1.85. The number of likely N-dealkylation sites (N-methyl/N-ethyl adjacent to an activating group) is 1. The van der Waals surface area contributed by atoms with Gasteiger partial charge in [-0.05, 0) is 19.5 Å². The molecule has 9 nitrogen and oxygen atoms in total. The molecule has 158 valence electrons. The van der Waals surface area contributed by atoms with E-state index in [2.05, 4.69) is 19.9 Å². The summed E-state index contributed by atoms with van der Waals surface area (Å²) in [6.07, 6.45) is 0. The van der Waals surface area contributed by atoms with Crippen LogP contribution < -0.4 is 0 Å². The lowest BCUT2D eigenvalue weighted by molar-refractivity contribution is 0.152. The van der Waals surface area contributed by atoms with Crippen molar-refractivity contribution in [2.45, 2.75) is 13.5 Å². The summed E-state index contributed by atoms with van der Waals surface area (Å²) in [6, 6.07) is 7.94. The number of hydrogen-bond donors (Lipinski definition) is 0. The molecule has 2 saturated heterocycles. The van der Waals surface area contributed by atoms with Crippen molar-refractivity contribution >= 4 is 10.2 Å². The van der Waals surface area contributed by atoms with E-state index >= 15 is 0 Å². The Morgan fingerprint density at radius 1 is 0.966 bits per heavy atom. The Kier molecular flexibility index (Phi) is 5.98. The van der Waals surface area contributed by atoms with Crippen LogP contribution in [0.1, 0.15) is 11.5 Å². The van der Waals surface area contributed by atoms with Gasteiger partial charge in [-0.1, -0.05) is 29.4 Å². The van der Waals surface area contributed by atoms with Crippen LogP contribution in [-0.2, 0) is 16.8 Å². The van der Waals surface area contributed by atoms with Crippen molar-refractivity contribution in [3.63, 3.8) is 0 Å². The van der Waals surface area contributed by atoms with Crippen LogP contribution in [0.4, 0.5) is 0 Å². The Morgan fingerprint density at radius 3 is 2.24 bits per heavy atom. The molecule has 1 aromatic carbocycles. The number of rotatable bonds is 5. The van der Waals surface area contributed by atoms with Gasteiger partial charge in [0.15, 0.2) is 0 Å². The van der Waals surface area contributed by atoms with Crippen LogP contribution >= 0.6 is 0 Å². The first-order valence-electron chi connectivity index (χ1n) is 9.98. The van der Waals surface area contributed by atoms with E-state index in [4.69, 9.17) is 4.52 Å². The summed E-state index contributed by atoms with van der Waals surface area (Å²) in [7, 11) is -1.36. The highest BCUT2D eigenvalue weighted by atomic mass is 32.2. The van der Waals surface area contributed by atoms with Gasteiger partial charge in [0, 0.05) is 57.9 Å². The highest BCUT2D eigenvalue weighted by Crippen LogP contribution is 2.21. The van der Waals surface area contributed by atoms with Crippen LogP contribution in [0.2, 0.25) is 0 Å².